The highest BCUT2D eigenvalue weighted by Gasteiger charge is 2.12. The quantitative estimate of drug-likeness (QED) is 0.551. The first-order valence-corrected chi connectivity index (χ1v) is 7.19. The number of hydrogen-bond donors (Lipinski definition) is 0. The summed E-state index contributed by atoms with van der Waals surface area (Å²) in [4.78, 5) is 5.38. The fourth-order valence-electron chi connectivity index (χ4n) is 2.20. The van der Waals surface area contributed by atoms with E-state index in [2.05, 4.69) is 29.2 Å². The lowest BCUT2D eigenvalue weighted by Gasteiger charge is -1.97. The molecular formula is C16H11N3S. The molecule has 0 bridgehead atoms. The first-order chi connectivity index (χ1) is 9.92. The molecule has 0 saturated carbocycles. The Bertz CT molecular complexity index is 847. The number of nitrogens with zero attached hydrogens (tertiary/aromatic N) is 3. The molecule has 4 heteroatoms. The highest BCUT2D eigenvalue weighted by atomic mass is 32.1. The average molecular weight is 277 g/mol. The second-order valence-electron chi connectivity index (χ2n) is 4.48. The van der Waals surface area contributed by atoms with Gasteiger partial charge in [0, 0.05) is 11.1 Å². The number of fused-ring (bicyclic) bond motifs is 1. The van der Waals surface area contributed by atoms with Crippen molar-refractivity contribution in [2.45, 2.75) is 0 Å². The minimum atomic E-state index is 0.919. The lowest BCUT2D eigenvalue weighted by Crippen LogP contribution is -1.88. The normalized spacial score (nSPS) is 11.0. The van der Waals surface area contributed by atoms with Gasteiger partial charge in [-0.15, -0.1) is 0 Å². The summed E-state index contributed by atoms with van der Waals surface area (Å²) in [5.41, 5.74) is 3.28. The highest BCUT2D eigenvalue weighted by molar-refractivity contribution is 7.19. The first-order valence-electron chi connectivity index (χ1n) is 6.37. The van der Waals surface area contributed by atoms with Crippen molar-refractivity contribution in [3.8, 4) is 21.8 Å². The van der Waals surface area contributed by atoms with Gasteiger partial charge in [0.15, 0.2) is 0 Å². The van der Waals surface area contributed by atoms with Crippen molar-refractivity contribution in [1.82, 2.24) is 14.6 Å². The first kappa shape index (κ1) is 11.4. The van der Waals surface area contributed by atoms with Crippen LogP contribution in [0.5, 0.6) is 0 Å². The molecule has 0 spiro atoms. The van der Waals surface area contributed by atoms with E-state index in [1.807, 2.05) is 47.1 Å². The molecule has 0 aliphatic rings. The van der Waals surface area contributed by atoms with E-state index in [1.165, 1.54) is 0 Å². The highest BCUT2D eigenvalue weighted by Crippen LogP contribution is 2.28. The van der Waals surface area contributed by atoms with Crippen LogP contribution in [0.1, 0.15) is 0 Å². The maximum Gasteiger partial charge on any atom is 0.213 e. The monoisotopic (exact) mass is 277 g/mol. The van der Waals surface area contributed by atoms with E-state index in [0.717, 1.165) is 26.8 Å². The molecule has 0 aliphatic heterocycles. The van der Waals surface area contributed by atoms with E-state index in [-0.39, 0.29) is 0 Å². The Morgan fingerprint density at radius 1 is 0.800 bits per heavy atom. The standard InChI is InChI=1S/C16H11N3S/c1-3-7-12(8-4-1)14-11-17-16-19(14)18-15(20-16)13-9-5-2-6-10-13/h1-11H. The smallest absolute Gasteiger partial charge is 0.213 e. The largest absolute Gasteiger partial charge is 0.225 e. The van der Waals surface area contributed by atoms with Gasteiger partial charge in [-0.3, -0.25) is 0 Å². The second kappa shape index (κ2) is 4.58. The van der Waals surface area contributed by atoms with Crippen molar-refractivity contribution in [2.75, 3.05) is 0 Å². The Hall–Kier alpha value is -2.46. The fraction of sp³-hybridized carbons (Fsp3) is 0. The van der Waals surface area contributed by atoms with Crippen LogP contribution in [0.4, 0.5) is 0 Å². The number of rotatable bonds is 2. The third-order valence-corrected chi connectivity index (χ3v) is 4.15. The van der Waals surface area contributed by atoms with Crippen molar-refractivity contribution >= 4 is 16.3 Å². The summed E-state index contributed by atoms with van der Waals surface area (Å²) in [6.45, 7) is 0. The van der Waals surface area contributed by atoms with Crippen LogP contribution in [0.15, 0.2) is 66.9 Å². The lowest BCUT2D eigenvalue weighted by molar-refractivity contribution is 0.985. The van der Waals surface area contributed by atoms with Crippen molar-refractivity contribution in [3.63, 3.8) is 0 Å². The van der Waals surface area contributed by atoms with Gasteiger partial charge in [0.1, 0.15) is 5.01 Å². The predicted molar refractivity (Wildman–Crippen MR) is 81.7 cm³/mol. The minimum Gasteiger partial charge on any atom is -0.225 e. The molecule has 0 aliphatic carbocycles. The Labute approximate surface area is 120 Å². The molecule has 4 rings (SSSR count). The molecule has 0 N–H and O–H groups in total. The molecule has 0 unspecified atom stereocenters. The summed E-state index contributed by atoms with van der Waals surface area (Å²) >= 11 is 1.61. The maximum absolute atomic E-state index is 4.69. The number of benzene rings is 2. The van der Waals surface area contributed by atoms with Crippen LogP contribution < -0.4 is 0 Å². The van der Waals surface area contributed by atoms with Crippen LogP contribution in [0, 0.1) is 0 Å². The van der Waals surface area contributed by atoms with Gasteiger partial charge in [0.25, 0.3) is 0 Å². The van der Waals surface area contributed by atoms with Gasteiger partial charge >= 0.3 is 0 Å². The summed E-state index contributed by atoms with van der Waals surface area (Å²) in [6, 6.07) is 20.4. The van der Waals surface area contributed by atoms with Crippen LogP contribution in [0.25, 0.3) is 26.8 Å². The Morgan fingerprint density at radius 3 is 2.15 bits per heavy atom. The topological polar surface area (TPSA) is 30.2 Å². The van der Waals surface area contributed by atoms with Gasteiger partial charge in [0.05, 0.1) is 11.9 Å². The molecule has 0 saturated heterocycles. The third-order valence-electron chi connectivity index (χ3n) is 3.18. The van der Waals surface area contributed by atoms with E-state index < -0.39 is 0 Å². The van der Waals surface area contributed by atoms with Crippen molar-refractivity contribution in [2.24, 2.45) is 0 Å². The molecular weight excluding hydrogens is 266 g/mol. The molecule has 2 aromatic heterocycles. The van der Waals surface area contributed by atoms with Crippen LogP contribution >= 0.6 is 11.3 Å². The second-order valence-corrected chi connectivity index (χ2v) is 5.43. The van der Waals surface area contributed by atoms with E-state index >= 15 is 0 Å². The maximum atomic E-state index is 4.69. The molecule has 20 heavy (non-hydrogen) atoms. The third kappa shape index (κ3) is 1.82. The molecule has 4 aromatic rings. The number of hydrogen-bond acceptors (Lipinski definition) is 3. The molecule has 2 heterocycles. The van der Waals surface area contributed by atoms with Crippen LogP contribution in [0.2, 0.25) is 0 Å². The molecule has 0 radical (unpaired) electrons. The van der Waals surface area contributed by atoms with E-state index in [9.17, 15) is 0 Å². The van der Waals surface area contributed by atoms with Crippen LogP contribution in [0.3, 0.4) is 0 Å². The van der Waals surface area contributed by atoms with Crippen molar-refractivity contribution in [3.05, 3.63) is 66.9 Å². The Kier molecular flexibility index (Phi) is 2.60. The van der Waals surface area contributed by atoms with Crippen molar-refractivity contribution in [1.29, 1.82) is 0 Å². The molecule has 0 fully saturated rings. The SMILES string of the molecule is c1ccc(-c2nn3c(-c4ccccc4)cnc3s2)cc1. The van der Waals surface area contributed by atoms with Gasteiger partial charge in [0.2, 0.25) is 4.96 Å². The van der Waals surface area contributed by atoms with Gasteiger partial charge in [-0.25, -0.2) is 9.50 Å². The zero-order valence-electron chi connectivity index (χ0n) is 10.6. The average Bonchev–Trinajstić information content (AvgIpc) is 3.09. The summed E-state index contributed by atoms with van der Waals surface area (Å²) in [6.07, 6.45) is 1.88. The zero-order valence-corrected chi connectivity index (χ0v) is 11.4. The summed E-state index contributed by atoms with van der Waals surface area (Å²) in [5.74, 6) is 0. The van der Waals surface area contributed by atoms with Crippen LogP contribution in [-0.2, 0) is 0 Å². The van der Waals surface area contributed by atoms with E-state index in [4.69, 9.17) is 5.10 Å². The summed E-state index contributed by atoms with van der Waals surface area (Å²) in [7, 11) is 0. The molecule has 3 nitrogen and oxygen atoms in total. The number of imidazole rings is 1. The van der Waals surface area contributed by atoms with Gasteiger partial charge in [-0.1, -0.05) is 72.0 Å². The zero-order chi connectivity index (χ0) is 13.4. The Balaban J connectivity index is 1.88. The van der Waals surface area contributed by atoms with Crippen molar-refractivity contribution < 1.29 is 0 Å². The van der Waals surface area contributed by atoms with Crippen LogP contribution in [-0.4, -0.2) is 14.6 Å². The van der Waals surface area contributed by atoms with Gasteiger partial charge in [-0.05, 0) is 0 Å². The summed E-state index contributed by atoms with van der Waals surface area (Å²) in [5, 5.41) is 5.68. The van der Waals surface area contributed by atoms with E-state index in [1.54, 1.807) is 11.3 Å². The fourth-order valence-corrected chi connectivity index (χ4v) is 3.08. The molecule has 0 atom stereocenters. The molecule has 2 aromatic carbocycles. The van der Waals surface area contributed by atoms with Gasteiger partial charge < -0.3 is 0 Å². The van der Waals surface area contributed by atoms with E-state index in [0.29, 0.717) is 0 Å². The predicted octanol–water partition coefficient (Wildman–Crippen LogP) is 4.12. The molecule has 0 amide bonds. The van der Waals surface area contributed by atoms with Gasteiger partial charge in [-0.2, -0.15) is 5.10 Å². The minimum absolute atomic E-state index is 0.919. The lowest BCUT2D eigenvalue weighted by atomic mass is 10.2. The summed E-state index contributed by atoms with van der Waals surface area (Å²) < 4.78 is 1.92. The Morgan fingerprint density at radius 2 is 1.45 bits per heavy atom. The number of aromatic nitrogens is 3. The molecule has 96 valence electrons.